The van der Waals surface area contributed by atoms with E-state index in [-0.39, 0.29) is 9.92 Å². The van der Waals surface area contributed by atoms with Crippen LogP contribution in [0.1, 0.15) is 0 Å². The van der Waals surface area contributed by atoms with E-state index in [1.807, 2.05) is 0 Å². The predicted octanol–water partition coefficient (Wildman–Crippen LogP) is 2.26. The summed E-state index contributed by atoms with van der Waals surface area (Å²) in [5, 5.41) is 10.5. The van der Waals surface area contributed by atoms with Crippen molar-refractivity contribution in [2.75, 3.05) is 4.72 Å². The summed E-state index contributed by atoms with van der Waals surface area (Å²) >= 11 is 5.61. The molecule has 2 aromatic carbocycles. The van der Waals surface area contributed by atoms with Gasteiger partial charge in [0.25, 0.3) is 10.0 Å². The third-order valence-corrected chi connectivity index (χ3v) is 4.60. The van der Waals surface area contributed by atoms with Gasteiger partial charge in [-0.3, -0.25) is 4.72 Å². The van der Waals surface area contributed by atoms with E-state index in [4.69, 9.17) is 11.6 Å². The van der Waals surface area contributed by atoms with E-state index in [1.54, 1.807) is 24.3 Å². The number of hydrogen-bond acceptors (Lipinski definition) is 5. The average molecular weight is 354 g/mol. The molecule has 3 rings (SSSR count). The van der Waals surface area contributed by atoms with Crippen LogP contribution in [-0.4, -0.2) is 28.6 Å². The van der Waals surface area contributed by atoms with Gasteiger partial charge in [-0.05, 0) is 52.9 Å². The first-order valence-corrected chi connectivity index (χ1v) is 8.13. The molecule has 0 unspecified atom stereocenters. The minimum Gasteiger partial charge on any atom is -0.280 e. The van der Waals surface area contributed by atoms with Crippen molar-refractivity contribution in [3.63, 3.8) is 0 Å². The van der Waals surface area contributed by atoms with Crippen LogP contribution in [0.2, 0.25) is 5.02 Å². The lowest BCUT2D eigenvalue weighted by Crippen LogP contribution is -2.13. The van der Waals surface area contributed by atoms with Crippen molar-refractivity contribution in [2.24, 2.45) is 0 Å². The molecule has 0 saturated heterocycles. The van der Waals surface area contributed by atoms with E-state index >= 15 is 0 Å². The van der Waals surface area contributed by atoms with Gasteiger partial charge in [-0.15, -0.1) is 5.10 Å². The molecule has 118 valence electrons. The van der Waals surface area contributed by atoms with Crippen molar-refractivity contribution < 1.29 is 12.8 Å². The number of hydrogen-bond donors (Lipinski definition) is 1. The molecule has 0 aliphatic rings. The number of nitrogens with zero attached hydrogens (tertiary/aromatic N) is 4. The summed E-state index contributed by atoms with van der Waals surface area (Å²) < 4.78 is 41.4. The number of halogens is 2. The Kier molecular flexibility index (Phi) is 3.97. The second kappa shape index (κ2) is 5.94. The van der Waals surface area contributed by atoms with Crippen LogP contribution >= 0.6 is 11.6 Å². The Hall–Kier alpha value is -2.52. The molecular weight excluding hydrogens is 345 g/mol. The van der Waals surface area contributed by atoms with Crippen molar-refractivity contribution >= 4 is 27.3 Å². The van der Waals surface area contributed by atoms with Crippen LogP contribution in [0, 0.1) is 5.82 Å². The van der Waals surface area contributed by atoms with E-state index in [0.717, 1.165) is 18.2 Å². The van der Waals surface area contributed by atoms with Crippen LogP contribution in [0.4, 0.5) is 10.1 Å². The van der Waals surface area contributed by atoms with Gasteiger partial charge in [0, 0.05) is 5.69 Å². The zero-order valence-corrected chi connectivity index (χ0v) is 13.0. The fraction of sp³-hybridized carbons (Fsp3) is 0. The predicted molar refractivity (Wildman–Crippen MR) is 81.4 cm³/mol. The molecule has 0 amide bonds. The molecule has 23 heavy (non-hydrogen) atoms. The fourth-order valence-electron chi connectivity index (χ4n) is 1.82. The molecule has 0 fully saturated rings. The zero-order valence-electron chi connectivity index (χ0n) is 11.4. The first kappa shape index (κ1) is 15.4. The number of nitrogens with one attached hydrogen (secondary N) is 1. The summed E-state index contributed by atoms with van der Waals surface area (Å²) in [6, 6.07) is 9.59. The summed E-state index contributed by atoms with van der Waals surface area (Å²) in [5.41, 5.74) is 1.00. The molecule has 0 aliphatic carbocycles. The molecule has 1 heterocycles. The highest BCUT2D eigenvalue weighted by atomic mass is 35.5. The van der Waals surface area contributed by atoms with Gasteiger partial charge >= 0.3 is 0 Å². The number of sulfonamides is 1. The molecular formula is C13H9ClFN5O2S. The highest BCUT2D eigenvalue weighted by Crippen LogP contribution is 2.22. The van der Waals surface area contributed by atoms with Gasteiger partial charge in [-0.1, -0.05) is 11.6 Å². The average Bonchev–Trinajstić information content (AvgIpc) is 3.04. The van der Waals surface area contributed by atoms with E-state index < -0.39 is 15.8 Å². The van der Waals surface area contributed by atoms with Gasteiger partial charge in [0.15, 0.2) is 0 Å². The third-order valence-electron chi connectivity index (χ3n) is 2.93. The number of benzene rings is 2. The first-order chi connectivity index (χ1) is 11.0. The Morgan fingerprint density at radius 2 is 1.87 bits per heavy atom. The van der Waals surface area contributed by atoms with Crippen molar-refractivity contribution in [2.45, 2.75) is 4.90 Å². The van der Waals surface area contributed by atoms with Crippen LogP contribution in [0.5, 0.6) is 0 Å². The van der Waals surface area contributed by atoms with E-state index in [2.05, 4.69) is 20.2 Å². The Morgan fingerprint density at radius 1 is 1.13 bits per heavy atom. The minimum absolute atomic E-state index is 0.131. The molecule has 0 spiro atoms. The second-order valence-corrected chi connectivity index (χ2v) is 6.57. The van der Waals surface area contributed by atoms with Crippen LogP contribution in [0.25, 0.3) is 5.69 Å². The maximum atomic E-state index is 13.1. The lowest BCUT2D eigenvalue weighted by Gasteiger charge is -2.09. The van der Waals surface area contributed by atoms with Gasteiger partial charge in [0.1, 0.15) is 12.1 Å². The number of anilines is 1. The second-order valence-electron chi connectivity index (χ2n) is 4.48. The Balaban J connectivity index is 1.84. The number of rotatable bonds is 4. The third kappa shape index (κ3) is 3.30. The Morgan fingerprint density at radius 3 is 2.48 bits per heavy atom. The van der Waals surface area contributed by atoms with E-state index in [1.165, 1.54) is 11.0 Å². The standard InChI is InChI=1S/C13H9ClFN5O2S/c14-12-7-11(5-6-13(12)15)23(21,22)17-9-1-3-10(4-2-9)20-8-16-18-19-20/h1-8,17H. The van der Waals surface area contributed by atoms with Gasteiger partial charge in [-0.25, -0.2) is 17.5 Å². The topological polar surface area (TPSA) is 89.8 Å². The van der Waals surface area contributed by atoms with Crippen molar-refractivity contribution in [1.29, 1.82) is 0 Å². The van der Waals surface area contributed by atoms with Gasteiger partial charge < -0.3 is 0 Å². The summed E-state index contributed by atoms with van der Waals surface area (Å²) in [4.78, 5) is -0.131. The summed E-state index contributed by atoms with van der Waals surface area (Å²) in [7, 11) is -3.87. The Labute approximate surface area is 135 Å². The molecule has 7 nitrogen and oxygen atoms in total. The SMILES string of the molecule is O=S(=O)(Nc1ccc(-n2cnnn2)cc1)c1ccc(F)c(Cl)c1. The number of tetrazole rings is 1. The molecule has 0 aliphatic heterocycles. The summed E-state index contributed by atoms with van der Waals surface area (Å²) in [5.74, 6) is -0.684. The molecule has 0 atom stereocenters. The minimum atomic E-state index is -3.87. The van der Waals surface area contributed by atoms with Gasteiger partial charge in [-0.2, -0.15) is 0 Å². The van der Waals surface area contributed by atoms with Crippen molar-refractivity contribution in [3.8, 4) is 5.69 Å². The molecule has 0 radical (unpaired) electrons. The lowest BCUT2D eigenvalue weighted by molar-refractivity contribution is 0.599. The largest absolute Gasteiger partial charge is 0.280 e. The van der Waals surface area contributed by atoms with Crippen LogP contribution in [0.15, 0.2) is 53.7 Å². The normalized spacial score (nSPS) is 11.4. The highest BCUT2D eigenvalue weighted by Gasteiger charge is 2.16. The molecule has 1 aromatic heterocycles. The summed E-state index contributed by atoms with van der Waals surface area (Å²) in [6.45, 7) is 0. The van der Waals surface area contributed by atoms with Crippen molar-refractivity contribution in [3.05, 3.63) is 59.6 Å². The van der Waals surface area contributed by atoms with Crippen LogP contribution in [0.3, 0.4) is 0 Å². The highest BCUT2D eigenvalue weighted by molar-refractivity contribution is 7.92. The van der Waals surface area contributed by atoms with Crippen LogP contribution < -0.4 is 4.72 Å². The molecule has 3 aromatic rings. The quantitative estimate of drug-likeness (QED) is 0.777. The number of aromatic nitrogens is 4. The van der Waals surface area contributed by atoms with Gasteiger partial charge in [0.2, 0.25) is 0 Å². The lowest BCUT2D eigenvalue weighted by atomic mass is 10.3. The maximum absolute atomic E-state index is 13.1. The Bertz CT molecular complexity index is 930. The first-order valence-electron chi connectivity index (χ1n) is 6.27. The fourth-order valence-corrected chi connectivity index (χ4v) is 3.15. The monoisotopic (exact) mass is 353 g/mol. The smallest absolute Gasteiger partial charge is 0.261 e. The molecule has 1 N–H and O–H groups in total. The van der Waals surface area contributed by atoms with E-state index in [0.29, 0.717) is 11.4 Å². The zero-order chi connectivity index (χ0) is 16.4. The summed E-state index contributed by atoms with van der Waals surface area (Å²) in [6.07, 6.45) is 1.42. The maximum Gasteiger partial charge on any atom is 0.261 e. The van der Waals surface area contributed by atoms with Crippen LogP contribution in [-0.2, 0) is 10.0 Å². The molecule has 0 saturated carbocycles. The van der Waals surface area contributed by atoms with E-state index in [9.17, 15) is 12.8 Å². The molecule has 0 bridgehead atoms. The van der Waals surface area contributed by atoms with Gasteiger partial charge in [0.05, 0.1) is 15.6 Å². The molecule has 10 heteroatoms. The van der Waals surface area contributed by atoms with Crippen molar-refractivity contribution in [1.82, 2.24) is 20.2 Å².